The van der Waals surface area contributed by atoms with E-state index in [-0.39, 0.29) is 0 Å². The van der Waals surface area contributed by atoms with Crippen LogP contribution in [0.15, 0.2) is 51.8 Å². The first kappa shape index (κ1) is 15.7. The topological polar surface area (TPSA) is 78.6 Å². The smallest absolute Gasteiger partial charge is 0.339 e. The molecule has 6 nitrogen and oxygen atoms in total. The van der Waals surface area contributed by atoms with Crippen molar-refractivity contribution in [2.24, 2.45) is 0 Å². The Bertz CT molecular complexity index is 944. The van der Waals surface area contributed by atoms with Crippen LogP contribution in [0, 0.1) is 6.92 Å². The van der Waals surface area contributed by atoms with Gasteiger partial charge in [-0.3, -0.25) is 0 Å². The quantitative estimate of drug-likeness (QED) is 0.540. The Kier molecular flexibility index (Phi) is 4.29. The maximum absolute atomic E-state index is 11.6. The van der Waals surface area contributed by atoms with Crippen LogP contribution in [0.2, 0.25) is 0 Å². The lowest BCUT2D eigenvalue weighted by molar-refractivity contribution is 0.0526. The van der Waals surface area contributed by atoms with Gasteiger partial charge in [-0.2, -0.15) is 0 Å². The van der Waals surface area contributed by atoms with E-state index in [2.05, 4.69) is 4.98 Å². The third-order valence-corrected chi connectivity index (χ3v) is 3.39. The molecule has 0 unspecified atom stereocenters. The molecule has 0 fully saturated rings. The zero-order valence-corrected chi connectivity index (χ0v) is 13.2. The second kappa shape index (κ2) is 6.54. The Morgan fingerprint density at radius 2 is 2.04 bits per heavy atom. The number of fused-ring (bicyclic) bond motifs is 1. The second-order valence-corrected chi connectivity index (χ2v) is 5.11. The van der Waals surface area contributed by atoms with Crippen molar-refractivity contribution in [2.45, 2.75) is 13.8 Å². The van der Waals surface area contributed by atoms with E-state index in [1.807, 2.05) is 13.0 Å². The maximum Gasteiger partial charge on any atom is 0.339 e. The van der Waals surface area contributed by atoms with Crippen LogP contribution in [0.1, 0.15) is 22.8 Å². The molecule has 0 aliphatic carbocycles. The zero-order chi connectivity index (χ0) is 17.1. The highest BCUT2D eigenvalue weighted by Gasteiger charge is 2.09. The average molecular weight is 325 g/mol. The van der Waals surface area contributed by atoms with Crippen LogP contribution in [-0.2, 0) is 4.74 Å². The average Bonchev–Trinajstić information content (AvgIpc) is 2.55. The molecule has 0 amide bonds. The van der Waals surface area contributed by atoms with E-state index in [4.69, 9.17) is 13.9 Å². The summed E-state index contributed by atoms with van der Waals surface area (Å²) >= 11 is 0. The number of carbonyl (C=O) groups excluding carboxylic acids is 1. The van der Waals surface area contributed by atoms with Crippen molar-refractivity contribution in [2.75, 3.05) is 6.61 Å². The molecule has 0 aliphatic heterocycles. The van der Waals surface area contributed by atoms with E-state index in [0.717, 1.165) is 10.9 Å². The van der Waals surface area contributed by atoms with Crippen LogP contribution in [0.4, 0.5) is 0 Å². The second-order valence-electron chi connectivity index (χ2n) is 5.11. The van der Waals surface area contributed by atoms with E-state index >= 15 is 0 Å². The standard InChI is InChI=1S/C18H15NO5/c1-3-22-18(21)12-4-7-16(19-10-12)23-13-5-6-14-11(2)8-17(20)24-15(14)9-13/h4-10H,3H2,1-2H3. The van der Waals surface area contributed by atoms with Gasteiger partial charge in [0.2, 0.25) is 5.88 Å². The number of aromatic nitrogens is 1. The fourth-order valence-electron chi connectivity index (χ4n) is 2.27. The molecule has 0 bridgehead atoms. The summed E-state index contributed by atoms with van der Waals surface area (Å²) in [7, 11) is 0. The summed E-state index contributed by atoms with van der Waals surface area (Å²) < 4.78 is 15.7. The minimum absolute atomic E-state index is 0.304. The van der Waals surface area contributed by atoms with Gasteiger partial charge in [0.25, 0.3) is 0 Å². The highest BCUT2D eigenvalue weighted by molar-refractivity contribution is 5.89. The van der Waals surface area contributed by atoms with Gasteiger partial charge in [0, 0.05) is 29.8 Å². The van der Waals surface area contributed by atoms with E-state index in [1.54, 1.807) is 31.2 Å². The van der Waals surface area contributed by atoms with Crippen molar-refractivity contribution in [3.05, 3.63) is 64.1 Å². The number of esters is 1. The van der Waals surface area contributed by atoms with E-state index in [9.17, 15) is 9.59 Å². The summed E-state index contributed by atoms with van der Waals surface area (Å²) in [4.78, 5) is 27.1. The summed E-state index contributed by atoms with van der Waals surface area (Å²) in [5, 5.41) is 0.840. The molecule has 3 rings (SSSR count). The third kappa shape index (κ3) is 3.27. The van der Waals surface area contributed by atoms with Crippen molar-refractivity contribution in [3.8, 4) is 11.6 Å². The van der Waals surface area contributed by atoms with Crippen LogP contribution in [0.5, 0.6) is 11.6 Å². The number of hydrogen-bond acceptors (Lipinski definition) is 6. The third-order valence-electron chi connectivity index (χ3n) is 3.39. The van der Waals surface area contributed by atoms with Gasteiger partial charge in [0.1, 0.15) is 11.3 Å². The molecule has 0 saturated heterocycles. The number of hydrogen-bond donors (Lipinski definition) is 0. The van der Waals surface area contributed by atoms with Crippen molar-refractivity contribution < 1.29 is 18.7 Å². The Morgan fingerprint density at radius 3 is 2.75 bits per heavy atom. The van der Waals surface area contributed by atoms with Crippen LogP contribution in [0.3, 0.4) is 0 Å². The van der Waals surface area contributed by atoms with Gasteiger partial charge in [-0.15, -0.1) is 0 Å². The highest BCUT2D eigenvalue weighted by atomic mass is 16.5. The van der Waals surface area contributed by atoms with Gasteiger partial charge in [-0.25, -0.2) is 14.6 Å². The summed E-state index contributed by atoms with van der Waals surface area (Å²) in [6.07, 6.45) is 1.39. The molecule has 0 radical (unpaired) electrons. The molecule has 0 atom stereocenters. The molecular weight excluding hydrogens is 310 g/mol. The largest absolute Gasteiger partial charge is 0.462 e. The number of nitrogens with zero attached hydrogens (tertiary/aromatic N) is 1. The van der Waals surface area contributed by atoms with Gasteiger partial charge in [-0.1, -0.05) is 0 Å². The predicted molar refractivity (Wildman–Crippen MR) is 87.5 cm³/mol. The maximum atomic E-state index is 11.6. The zero-order valence-electron chi connectivity index (χ0n) is 13.2. The van der Waals surface area contributed by atoms with Crippen molar-refractivity contribution >= 4 is 16.9 Å². The minimum atomic E-state index is -0.431. The number of ether oxygens (including phenoxy) is 2. The van der Waals surface area contributed by atoms with E-state index in [0.29, 0.717) is 29.4 Å². The van der Waals surface area contributed by atoms with E-state index < -0.39 is 11.6 Å². The first-order chi connectivity index (χ1) is 11.6. The summed E-state index contributed by atoms with van der Waals surface area (Å²) in [5.74, 6) is 0.365. The minimum Gasteiger partial charge on any atom is -0.462 e. The Labute approximate surface area is 137 Å². The van der Waals surface area contributed by atoms with Crippen LogP contribution in [0.25, 0.3) is 11.0 Å². The van der Waals surface area contributed by atoms with Crippen molar-refractivity contribution in [1.82, 2.24) is 4.98 Å². The monoisotopic (exact) mass is 325 g/mol. The van der Waals surface area contributed by atoms with Gasteiger partial charge >= 0.3 is 11.6 Å². The fraction of sp³-hybridized carbons (Fsp3) is 0.167. The first-order valence-electron chi connectivity index (χ1n) is 7.42. The Hall–Kier alpha value is -3.15. The van der Waals surface area contributed by atoms with Gasteiger partial charge in [-0.05, 0) is 37.6 Å². The number of carbonyl (C=O) groups is 1. The van der Waals surface area contributed by atoms with Crippen molar-refractivity contribution in [3.63, 3.8) is 0 Å². The molecule has 122 valence electrons. The molecule has 2 heterocycles. The first-order valence-corrected chi connectivity index (χ1v) is 7.42. The molecule has 0 N–H and O–H groups in total. The molecule has 24 heavy (non-hydrogen) atoms. The predicted octanol–water partition coefficient (Wildman–Crippen LogP) is 3.47. The van der Waals surface area contributed by atoms with Gasteiger partial charge in [0.05, 0.1) is 12.2 Å². The van der Waals surface area contributed by atoms with Gasteiger partial charge < -0.3 is 13.9 Å². The Morgan fingerprint density at radius 1 is 1.21 bits per heavy atom. The molecule has 6 heteroatoms. The lowest BCUT2D eigenvalue weighted by atomic mass is 10.1. The fourth-order valence-corrected chi connectivity index (χ4v) is 2.27. The number of rotatable bonds is 4. The number of benzene rings is 1. The summed E-state index contributed by atoms with van der Waals surface area (Å²) in [5.41, 5.74) is 1.23. The molecule has 0 aliphatic rings. The van der Waals surface area contributed by atoms with Crippen LogP contribution >= 0.6 is 0 Å². The molecule has 1 aromatic carbocycles. The molecule has 2 aromatic heterocycles. The summed E-state index contributed by atoms with van der Waals surface area (Å²) in [6.45, 7) is 3.89. The summed E-state index contributed by atoms with van der Waals surface area (Å²) in [6, 6.07) is 9.80. The van der Waals surface area contributed by atoms with E-state index in [1.165, 1.54) is 12.3 Å². The highest BCUT2D eigenvalue weighted by Crippen LogP contribution is 2.25. The normalized spacial score (nSPS) is 10.6. The van der Waals surface area contributed by atoms with Crippen LogP contribution < -0.4 is 10.4 Å². The van der Waals surface area contributed by atoms with Gasteiger partial charge in [0.15, 0.2) is 0 Å². The molecule has 3 aromatic rings. The molecular formula is C18H15NO5. The van der Waals surface area contributed by atoms with Crippen molar-refractivity contribution in [1.29, 1.82) is 0 Å². The SMILES string of the molecule is CCOC(=O)c1ccc(Oc2ccc3c(C)cc(=O)oc3c2)nc1. The lowest BCUT2D eigenvalue weighted by Gasteiger charge is -2.07. The number of pyridine rings is 1. The molecule has 0 spiro atoms. The Balaban J connectivity index is 1.84. The lowest BCUT2D eigenvalue weighted by Crippen LogP contribution is -2.04. The molecule has 0 saturated carbocycles. The number of aryl methyl sites for hydroxylation is 1. The van der Waals surface area contributed by atoms with Crippen LogP contribution in [-0.4, -0.2) is 17.6 Å².